The lowest BCUT2D eigenvalue weighted by atomic mass is 9.95. The third-order valence-corrected chi connectivity index (χ3v) is 4.21. The SMILES string of the molecule is Cc1cc(Cn2ccc3c2CCCC3O)cc(C)c1F. The summed E-state index contributed by atoms with van der Waals surface area (Å²) in [5.74, 6) is -0.112. The lowest BCUT2D eigenvalue weighted by Gasteiger charge is -2.20. The van der Waals surface area contributed by atoms with E-state index in [0.29, 0.717) is 11.1 Å². The molecule has 3 heteroatoms. The van der Waals surface area contributed by atoms with E-state index in [4.69, 9.17) is 0 Å². The summed E-state index contributed by atoms with van der Waals surface area (Å²) in [6.07, 6.45) is 4.61. The van der Waals surface area contributed by atoms with Crippen molar-refractivity contribution in [3.8, 4) is 0 Å². The molecule has 2 aromatic rings. The van der Waals surface area contributed by atoms with Gasteiger partial charge in [-0.3, -0.25) is 0 Å². The van der Waals surface area contributed by atoms with Crippen molar-refractivity contribution in [1.82, 2.24) is 4.57 Å². The maximum atomic E-state index is 13.7. The molecule has 0 saturated carbocycles. The van der Waals surface area contributed by atoms with Gasteiger partial charge in [-0.05, 0) is 55.9 Å². The molecule has 106 valence electrons. The van der Waals surface area contributed by atoms with E-state index < -0.39 is 0 Å². The lowest BCUT2D eigenvalue weighted by Crippen LogP contribution is -2.12. The topological polar surface area (TPSA) is 25.2 Å². The zero-order valence-corrected chi connectivity index (χ0v) is 12.0. The molecule has 0 saturated heterocycles. The van der Waals surface area contributed by atoms with Crippen LogP contribution in [0, 0.1) is 19.7 Å². The fourth-order valence-electron chi connectivity index (χ4n) is 3.20. The summed E-state index contributed by atoms with van der Waals surface area (Å²) in [4.78, 5) is 0. The minimum Gasteiger partial charge on any atom is -0.388 e. The molecule has 0 amide bonds. The smallest absolute Gasteiger partial charge is 0.129 e. The molecular weight excluding hydrogens is 253 g/mol. The highest BCUT2D eigenvalue weighted by molar-refractivity contribution is 5.33. The monoisotopic (exact) mass is 273 g/mol. The van der Waals surface area contributed by atoms with Gasteiger partial charge in [0.05, 0.1) is 6.10 Å². The molecule has 1 unspecified atom stereocenters. The molecule has 20 heavy (non-hydrogen) atoms. The van der Waals surface area contributed by atoms with Crippen LogP contribution in [0.4, 0.5) is 4.39 Å². The number of aryl methyl sites for hydroxylation is 2. The summed E-state index contributed by atoms with van der Waals surface area (Å²) < 4.78 is 15.9. The number of benzene rings is 1. The van der Waals surface area contributed by atoms with Crippen LogP contribution in [-0.2, 0) is 13.0 Å². The number of rotatable bonds is 2. The average Bonchev–Trinajstić information content (AvgIpc) is 2.81. The Morgan fingerprint density at radius 3 is 2.70 bits per heavy atom. The summed E-state index contributed by atoms with van der Waals surface area (Å²) in [6, 6.07) is 5.84. The molecule has 1 aliphatic rings. The third-order valence-electron chi connectivity index (χ3n) is 4.21. The molecule has 0 bridgehead atoms. The Labute approximate surface area is 118 Å². The first kappa shape index (κ1) is 13.4. The molecule has 1 aliphatic carbocycles. The van der Waals surface area contributed by atoms with Crippen molar-refractivity contribution >= 4 is 0 Å². The van der Waals surface area contributed by atoms with Crippen LogP contribution in [0.2, 0.25) is 0 Å². The Kier molecular flexibility index (Phi) is 3.38. The third kappa shape index (κ3) is 2.27. The molecule has 1 atom stereocenters. The van der Waals surface area contributed by atoms with Gasteiger partial charge in [0, 0.05) is 24.0 Å². The molecule has 1 N–H and O–H groups in total. The standard InChI is InChI=1S/C17H20FNO/c1-11-8-13(9-12(2)17(11)18)10-19-7-6-14-15(19)4-3-5-16(14)20/h6-9,16,20H,3-5,10H2,1-2H3. The van der Waals surface area contributed by atoms with Crippen LogP contribution >= 0.6 is 0 Å². The normalized spacial score (nSPS) is 18.1. The van der Waals surface area contributed by atoms with Crippen molar-refractivity contribution in [2.45, 2.75) is 45.8 Å². The van der Waals surface area contributed by atoms with E-state index in [-0.39, 0.29) is 11.9 Å². The first-order valence-corrected chi connectivity index (χ1v) is 7.18. The van der Waals surface area contributed by atoms with Gasteiger partial charge in [-0.25, -0.2) is 4.39 Å². The van der Waals surface area contributed by atoms with Crippen LogP contribution < -0.4 is 0 Å². The number of nitrogens with zero attached hydrogens (tertiary/aromatic N) is 1. The molecule has 0 aliphatic heterocycles. The van der Waals surface area contributed by atoms with Crippen molar-refractivity contribution < 1.29 is 9.50 Å². The Hall–Kier alpha value is -1.61. The van der Waals surface area contributed by atoms with Crippen molar-refractivity contribution in [3.63, 3.8) is 0 Å². The van der Waals surface area contributed by atoms with Crippen molar-refractivity contribution in [1.29, 1.82) is 0 Å². The van der Waals surface area contributed by atoms with E-state index in [2.05, 4.69) is 4.57 Å². The van der Waals surface area contributed by atoms with Gasteiger partial charge in [0.2, 0.25) is 0 Å². The van der Waals surface area contributed by atoms with E-state index in [0.717, 1.165) is 36.9 Å². The molecule has 1 aromatic heterocycles. The van der Waals surface area contributed by atoms with Crippen LogP contribution in [0.1, 0.15) is 46.9 Å². The van der Waals surface area contributed by atoms with Crippen molar-refractivity contribution in [3.05, 3.63) is 58.2 Å². The number of aliphatic hydroxyl groups is 1. The second kappa shape index (κ2) is 5.06. The molecular formula is C17H20FNO. The maximum absolute atomic E-state index is 13.7. The highest BCUT2D eigenvalue weighted by Gasteiger charge is 2.21. The van der Waals surface area contributed by atoms with Gasteiger partial charge < -0.3 is 9.67 Å². The number of hydrogen-bond acceptors (Lipinski definition) is 1. The fourth-order valence-corrected chi connectivity index (χ4v) is 3.20. The predicted octanol–water partition coefficient (Wildman–Crippen LogP) is 3.66. The lowest BCUT2D eigenvalue weighted by molar-refractivity contribution is 0.156. The molecule has 3 rings (SSSR count). The van der Waals surface area contributed by atoms with Crippen LogP contribution in [0.5, 0.6) is 0 Å². The Morgan fingerprint density at radius 2 is 2.00 bits per heavy atom. The largest absolute Gasteiger partial charge is 0.388 e. The number of fused-ring (bicyclic) bond motifs is 1. The van der Waals surface area contributed by atoms with Crippen molar-refractivity contribution in [2.24, 2.45) is 0 Å². The summed E-state index contributed by atoms with van der Waals surface area (Å²) in [7, 11) is 0. The summed E-state index contributed by atoms with van der Waals surface area (Å²) in [5.41, 5.74) is 4.79. The zero-order chi connectivity index (χ0) is 14.3. The van der Waals surface area contributed by atoms with E-state index in [9.17, 15) is 9.50 Å². The second-order valence-electron chi connectivity index (χ2n) is 5.80. The molecule has 2 nitrogen and oxygen atoms in total. The minimum atomic E-state index is -0.323. The summed E-state index contributed by atoms with van der Waals surface area (Å²) in [6.45, 7) is 4.35. The number of hydrogen-bond donors (Lipinski definition) is 1. The summed E-state index contributed by atoms with van der Waals surface area (Å²) >= 11 is 0. The van der Waals surface area contributed by atoms with Gasteiger partial charge in [-0.15, -0.1) is 0 Å². The Bertz CT molecular complexity index is 621. The number of aliphatic hydroxyl groups excluding tert-OH is 1. The molecule has 1 heterocycles. The highest BCUT2D eigenvalue weighted by Crippen LogP contribution is 2.30. The predicted molar refractivity (Wildman–Crippen MR) is 77.3 cm³/mol. The molecule has 0 radical (unpaired) electrons. The van der Waals surface area contributed by atoms with Crippen LogP contribution in [0.3, 0.4) is 0 Å². The number of aromatic nitrogens is 1. The number of halogens is 1. The Morgan fingerprint density at radius 1 is 1.30 bits per heavy atom. The van der Waals surface area contributed by atoms with Gasteiger partial charge in [0.1, 0.15) is 5.82 Å². The van der Waals surface area contributed by atoms with E-state index in [1.165, 1.54) is 5.69 Å². The van der Waals surface area contributed by atoms with E-state index in [1.54, 1.807) is 13.8 Å². The minimum absolute atomic E-state index is 0.112. The average molecular weight is 273 g/mol. The molecule has 0 fully saturated rings. The highest BCUT2D eigenvalue weighted by atomic mass is 19.1. The van der Waals surface area contributed by atoms with Gasteiger partial charge in [0.25, 0.3) is 0 Å². The van der Waals surface area contributed by atoms with Gasteiger partial charge in [-0.2, -0.15) is 0 Å². The first-order valence-electron chi connectivity index (χ1n) is 7.18. The first-order chi connectivity index (χ1) is 9.56. The van der Waals surface area contributed by atoms with Gasteiger partial charge >= 0.3 is 0 Å². The van der Waals surface area contributed by atoms with Crippen LogP contribution in [-0.4, -0.2) is 9.67 Å². The van der Waals surface area contributed by atoms with Gasteiger partial charge in [-0.1, -0.05) is 12.1 Å². The quantitative estimate of drug-likeness (QED) is 0.887. The second-order valence-corrected chi connectivity index (χ2v) is 5.80. The zero-order valence-electron chi connectivity index (χ0n) is 12.0. The molecule has 0 spiro atoms. The maximum Gasteiger partial charge on any atom is 0.129 e. The van der Waals surface area contributed by atoms with Crippen molar-refractivity contribution in [2.75, 3.05) is 0 Å². The van der Waals surface area contributed by atoms with Crippen LogP contribution in [0.15, 0.2) is 24.4 Å². The fraction of sp³-hybridized carbons (Fsp3) is 0.412. The van der Waals surface area contributed by atoms with Crippen LogP contribution in [0.25, 0.3) is 0 Å². The Balaban J connectivity index is 1.92. The van der Waals surface area contributed by atoms with Gasteiger partial charge in [0.15, 0.2) is 0 Å². The summed E-state index contributed by atoms with van der Waals surface area (Å²) in [5, 5.41) is 10.0. The van der Waals surface area contributed by atoms with E-state index in [1.807, 2.05) is 24.4 Å². The van der Waals surface area contributed by atoms with E-state index >= 15 is 0 Å². The molecule has 1 aromatic carbocycles.